The quantitative estimate of drug-likeness (QED) is 0.826. The van der Waals surface area contributed by atoms with Crippen LogP contribution in [0.4, 0.5) is 0 Å². The first-order chi connectivity index (χ1) is 11.8. The fraction of sp³-hybridized carbons (Fsp3) is 0.765. The molecular formula is C17H28N4O3S. The predicted octanol–water partition coefficient (Wildman–Crippen LogP) is 0.679. The highest BCUT2D eigenvalue weighted by molar-refractivity contribution is 7.91. The third-order valence-electron chi connectivity index (χ3n) is 5.55. The van der Waals surface area contributed by atoms with Crippen LogP contribution in [-0.2, 0) is 21.1 Å². The Morgan fingerprint density at radius 3 is 2.60 bits per heavy atom. The normalized spacial score (nSPS) is 26.0. The van der Waals surface area contributed by atoms with Crippen LogP contribution < -0.4 is 0 Å². The van der Waals surface area contributed by atoms with Gasteiger partial charge in [-0.05, 0) is 32.4 Å². The Morgan fingerprint density at radius 1 is 1.24 bits per heavy atom. The van der Waals surface area contributed by atoms with Crippen molar-refractivity contribution < 1.29 is 13.2 Å². The smallest absolute Gasteiger partial charge is 0.223 e. The number of aromatic nitrogens is 2. The van der Waals surface area contributed by atoms with Crippen LogP contribution in [0.5, 0.6) is 0 Å². The lowest BCUT2D eigenvalue weighted by Gasteiger charge is -2.44. The van der Waals surface area contributed by atoms with Gasteiger partial charge >= 0.3 is 0 Å². The van der Waals surface area contributed by atoms with Crippen molar-refractivity contribution in [2.75, 3.05) is 31.1 Å². The zero-order chi connectivity index (χ0) is 18.2. The minimum atomic E-state index is -3.07. The molecule has 25 heavy (non-hydrogen) atoms. The molecule has 3 rings (SSSR count). The first kappa shape index (κ1) is 18.4. The number of hydrogen-bond acceptors (Lipinski definition) is 5. The van der Waals surface area contributed by atoms with Crippen molar-refractivity contribution in [1.82, 2.24) is 20.0 Å². The van der Waals surface area contributed by atoms with Crippen LogP contribution in [0, 0.1) is 13.8 Å². The van der Waals surface area contributed by atoms with Crippen molar-refractivity contribution in [1.29, 1.82) is 0 Å². The van der Waals surface area contributed by atoms with E-state index in [2.05, 4.69) is 22.0 Å². The Morgan fingerprint density at radius 2 is 1.96 bits per heavy atom. The molecule has 0 radical (unpaired) electrons. The van der Waals surface area contributed by atoms with Crippen molar-refractivity contribution in [3.05, 3.63) is 17.0 Å². The summed E-state index contributed by atoms with van der Waals surface area (Å²) in [4.78, 5) is 16.8. The maximum Gasteiger partial charge on any atom is 0.223 e. The van der Waals surface area contributed by atoms with Gasteiger partial charge in [0.1, 0.15) is 0 Å². The fourth-order valence-corrected chi connectivity index (χ4v) is 6.06. The molecular weight excluding hydrogens is 340 g/mol. The Labute approximate surface area is 149 Å². The number of piperazine rings is 1. The topological polar surface area (TPSA) is 86.4 Å². The van der Waals surface area contributed by atoms with E-state index in [1.165, 1.54) is 0 Å². The van der Waals surface area contributed by atoms with Crippen LogP contribution in [0.1, 0.15) is 36.7 Å². The number of hydrogen-bond donors (Lipinski definition) is 1. The first-order valence-electron chi connectivity index (χ1n) is 9.06. The van der Waals surface area contributed by atoms with Gasteiger partial charge in [-0.25, -0.2) is 8.42 Å². The molecule has 7 nitrogen and oxygen atoms in total. The number of aromatic amines is 1. The van der Waals surface area contributed by atoms with Crippen molar-refractivity contribution >= 4 is 15.7 Å². The summed E-state index contributed by atoms with van der Waals surface area (Å²) in [6, 6.07) is -0.239. The number of sulfone groups is 1. The summed E-state index contributed by atoms with van der Waals surface area (Å²) in [7, 11) is -3.07. The highest BCUT2D eigenvalue weighted by Crippen LogP contribution is 2.28. The monoisotopic (exact) mass is 368 g/mol. The van der Waals surface area contributed by atoms with E-state index < -0.39 is 9.84 Å². The number of rotatable bonds is 5. The molecule has 1 aromatic heterocycles. The second-order valence-corrected chi connectivity index (χ2v) is 9.41. The SMILES string of the molecule is CCCN1CCN(C(=O)CCc2n[nH]c(C)c2C)[C@@H]2CS(=O)(=O)C[C@@H]21. The molecule has 2 saturated heterocycles. The molecule has 1 amide bonds. The largest absolute Gasteiger partial charge is 0.336 e. The van der Waals surface area contributed by atoms with E-state index in [0.717, 1.165) is 36.5 Å². The zero-order valence-corrected chi connectivity index (χ0v) is 16.1. The molecule has 140 valence electrons. The minimum Gasteiger partial charge on any atom is -0.336 e. The maximum absolute atomic E-state index is 12.8. The van der Waals surface area contributed by atoms with E-state index in [-0.39, 0.29) is 29.5 Å². The number of carbonyl (C=O) groups is 1. The van der Waals surface area contributed by atoms with Gasteiger partial charge in [-0.15, -0.1) is 0 Å². The molecule has 0 spiro atoms. The van der Waals surface area contributed by atoms with Gasteiger partial charge in [-0.3, -0.25) is 14.8 Å². The summed E-state index contributed by atoms with van der Waals surface area (Å²) in [5.41, 5.74) is 3.05. The van der Waals surface area contributed by atoms with Gasteiger partial charge in [0, 0.05) is 37.7 Å². The third-order valence-corrected chi connectivity index (χ3v) is 7.25. The standard InChI is InChI=1S/C17H28N4O3S/c1-4-7-20-8-9-21(16-11-25(23,24)10-15(16)20)17(22)6-5-14-12(2)13(3)18-19-14/h15-16H,4-11H2,1-3H3,(H,18,19)/t15-,16+/m0/s1. The highest BCUT2D eigenvalue weighted by atomic mass is 32.2. The maximum atomic E-state index is 12.8. The van der Waals surface area contributed by atoms with E-state index in [9.17, 15) is 13.2 Å². The molecule has 3 heterocycles. The zero-order valence-electron chi connectivity index (χ0n) is 15.3. The van der Waals surface area contributed by atoms with E-state index in [0.29, 0.717) is 19.4 Å². The summed E-state index contributed by atoms with van der Waals surface area (Å²) in [5.74, 6) is 0.326. The number of nitrogens with zero attached hydrogens (tertiary/aromatic N) is 3. The van der Waals surface area contributed by atoms with E-state index in [4.69, 9.17) is 0 Å². The lowest BCUT2D eigenvalue weighted by Crippen LogP contribution is -2.60. The lowest BCUT2D eigenvalue weighted by atomic mass is 10.0. The van der Waals surface area contributed by atoms with Gasteiger partial charge in [0.2, 0.25) is 5.91 Å². The van der Waals surface area contributed by atoms with E-state index >= 15 is 0 Å². The predicted molar refractivity (Wildman–Crippen MR) is 96.2 cm³/mol. The van der Waals surface area contributed by atoms with Crippen LogP contribution in [0.3, 0.4) is 0 Å². The average Bonchev–Trinajstić information content (AvgIpc) is 3.05. The molecule has 0 bridgehead atoms. The van der Waals surface area contributed by atoms with Crippen molar-refractivity contribution in [3.8, 4) is 0 Å². The first-order valence-corrected chi connectivity index (χ1v) is 10.9. The number of carbonyl (C=O) groups excluding carboxylic acids is 1. The molecule has 2 fully saturated rings. The highest BCUT2D eigenvalue weighted by Gasteiger charge is 2.47. The van der Waals surface area contributed by atoms with Crippen LogP contribution >= 0.6 is 0 Å². The number of nitrogens with one attached hydrogen (secondary N) is 1. The second-order valence-electron chi connectivity index (χ2n) is 7.26. The molecule has 2 aliphatic rings. The number of fused-ring (bicyclic) bond motifs is 1. The molecule has 0 unspecified atom stereocenters. The summed E-state index contributed by atoms with van der Waals surface area (Å²) >= 11 is 0. The molecule has 2 atom stereocenters. The van der Waals surface area contributed by atoms with Crippen LogP contribution in [0.25, 0.3) is 0 Å². The van der Waals surface area contributed by atoms with Crippen molar-refractivity contribution in [2.45, 2.75) is 52.1 Å². The molecule has 0 aliphatic carbocycles. The summed E-state index contributed by atoms with van der Waals surface area (Å²) in [5, 5.41) is 7.21. The van der Waals surface area contributed by atoms with Crippen molar-refractivity contribution in [2.24, 2.45) is 0 Å². The minimum absolute atomic E-state index is 0.0444. The summed E-state index contributed by atoms with van der Waals surface area (Å²) in [6.07, 6.45) is 1.96. The van der Waals surface area contributed by atoms with Gasteiger partial charge < -0.3 is 4.90 Å². The molecule has 0 aromatic carbocycles. The van der Waals surface area contributed by atoms with Crippen molar-refractivity contribution in [3.63, 3.8) is 0 Å². The number of H-pyrrole nitrogens is 1. The molecule has 1 N–H and O–H groups in total. The second kappa shape index (κ2) is 7.07. The van der Waals surface area contributed by atoms with E-state index in [1.807, 2.05) is 18.7 Å². The van der Waals surface area contributed by atoms with Gasteiger partial charge in [0.15, 0.2) is 9.84 Å². The number of aryl methyl sites for hydroxylation is 2. The van der Waals surface area contributed by atoms with Gasteiger partial charge in [-0.2, -0.15) is 5.10 Å². The van der Waals surface area contributed by atoms with E-state index in [1.54, 1.807) is 0 Å². The Kier molecular flexibility index (Phi) is 5.20. The van der Waals surface area contributed by atoms with Crippen LogP contribution in [-0.4, -0.2) is 77.5 Å². The Bertz CT molecular complexity index is 743. The summed E-state index contributed by atoms with van der Waals surface area (Å²) in [6.45, 7) is 8.34. The fourth-order valence-electron chi connectivity index (χ4n) is 4.05. The molecule has 2 aliphatic heterocycles. The van der Waals surface area contributed by atoms with Gasteiger partial charge in [0.25, 0.3) is 0 Å². The molecule has 0 saturated carbocycles. The van der Waals surface area contributed by atoms with Gasteiger partial charge in [0.05, 0.1) is 23.2 Å². The average molecular weight is 369 g/mol. The van der Waals surface area contributed by atoms with Gasteiger partial charge in [-0.1, -0.05) is 6.92 Å². The Balaban J connectivity index is 1.69. The third kappa shape index (κ3) is 3.74. The molecule has 8 heteroatoms. The van der Waals surface area contributed by atoms with Crippen LogP contribution in [0.15, 0.2) is 0 Å². The van der Waals surface area contributed by atoms with Crippen LogP contribution in [0.2, 0.25) is 0 Å². The summed E-state index contributed by atoms with van der Waals surface area (Å²) < 4.78 is 24.3. The number of amides is 1. The Hall–Kier alpha value is -1.41. The lowest BCUT2D eigenvalue weighted by molar-refractivity contribution is -0.136. The molecule has 1 aromatic rings.